The van der Waals surface area contributed by atoms with Crippen molar-refractivity contribution in [2.24, 2.45) is 0 Å². The van der Waals surface area contributed by atoms with Gasteiger partial charge in [0.25, 0.3) is 0 Å². The summed E-state index contributed by atoms with van der Waals surface area (Å²) in [6, 6.07) is 8.43. The third kappa shape index (κ3) is 3.05. The molecular weight excluding hydrogens is 351 g/mol. The summed E-state index contributed by atoms with van der Waals surface area (Å²) in [5.74, 6) is 0. The van der Waals surface area contributed by atoms with Gasteiger partial charge in [0.2, 0.25) is 0 Å². The van der Waals surface area contributed by atoms with Crippen molar-refractivity contribution in [3.05, 3.63) is 39.6 Å². The largest absolute Gasteiger partial charge is 0.298 e. The number of hydrogen-bond donors (Lipinski definition) is 0. The van der Waals surface area contributed by atoms with Crippen LogP contribution in [0.5, 0.6) is 0 Å². The van der Waals surface area contributed by atoms with E-state index in [1.807, 2.05) is 35.1 Å². The molecule has 0 bridgehead atoms. The molecule has 0 amide bonds. The van der Waals surface area contributed by atoms with Crippen LogP contribution in [-0.4, -0.2) is 16.1 Å². The number of aromatic nitrogens is 2. The average molecular weight is 368 g/mol. The van der Waals surface area contributed by atoms with E-state index in [2.05, 4.69) is 41.5 Å². The molecule has 3 nitrogen and oxygen atoms in total. The molecule has 0 radical (unpaired) electrons. The molecule has 1 aromatic carbocycles. The van der Waals surface area contributed by atoms with Crippen molar-refractivity contribution in [3.8, 4) is 11.3 Å². The Morgan fingerprint density at radius 2 is 1.89 bits per heavy atom. The van der Waals surface area contributed by atoms with E-state index in [1.165, 1.54) is 3.57 Å². The van der Waals surface area contributed by atoms with Gasteiger partial charge in [-0.2, -0.15) is 5.10 Å². The first-order valence-corrected chi connectivity index (χ1v) is 7.57. The fraction of sp³-hybridized carbons (Fsp3) is 0.333. The van der Waals surface area contributed by atoms with Crippen molar-refractivity contribution >= 4 is 28.9 Å². The summed E-state index contributed by atoms with van der Waals surface area (Å²) in [6.45, 7) is 4.28. The molecule has 0 aliphatic carbocycles. The van der Waals surface area contributed by atoms with Gasteiger partial charge in [-0.3, -0.25) is 9.48 Å². The van der Waals surface area contributed by atoms with Crippen molar-refractivity contribution in [1.29, 1.82) is 0 Å². The lowest BCUT2D eigenvalue weighted by molar-refractivity contribution is 0.112. The highest BCUT2D eigenvalue weighted by molar-refractivity contribution is 14.1. The first-order chi connectivity index (χ1) is 9.19. The number of hydrogen-bond acceptors (Lipinski definition) is 2. The quantitative estimate of drug-likeness (QED) is 0.582. The monoisotopic (exact) mass is 368 g/mol. The zero-order valence-corrected chi connectivity index (χ0v) is 13.3. The molecule has 19 heavy (non-hydrogen) atoms. The minimum atomic E-state index is 0.358. The van der Waals surface area contributed by atoms with E-state index in [9.17, 15) is 4.79 Å². The van der Waals surface area contributed by atoms with Crippen LogP contribution in [0.15, 0.2) is 30.5 Å². The van der Waals surface area contributed by atoms with Crippen LogP contribution >= 0.6 is 22.6 Å². The van der Waals surface area contributed by atoms with Gasteiger partial charge in [0.15, 0.2) is 6.29 Å². The average Bonchev–Trinajstić information content (AvgIpc) is 2.85. The summed E-state index contributed by atoms with van der Waals surface area (Å²) >= 11 is 2.27. The lowest BCUT2D eigenvalue weighted by atomic mass is 10.1. The Bertz CT molecular complexity index is 556. The molecule has 0 N–H and O–H groups in total. The molecule has 0 fully saturated rings. The molecule has 0 saturated carbocycles. The number of benzene rings is 1. The molecule has 0 spiro atoms. The Morgan fingerprint density at radius 1 is 1.26 bits per heavy atom. The van der Waals surface area contributed by atoms with Crippen LogP contribution in [-0.2, 0) is 0 Å². The van der Waals surface area contributed by atoms with Gasteiger partial charge >= 0.3 is 0 Å². The molecule has 2 rings (SSSR count). The summed E-state index contributed by atoms with van der Waals surface area (Å²) in [5.41, 5.74) is 2.43. The topological polar surface area (TPSA) is 34.9 Å². The van der Waals surface area contributed by atoms with Crippen LogP contribution in [0.25, 0.3) is 11.3 Å². The second-order valence-electron chi connectivity index (χ2n) is 4.51. The van der Waals surface area contributed by atoms with Crippen molar-refractivity contribution in [1.82, 2.24) is 9.78 Å². The van der Waals surface area contributed by atoms with E-state index >= 15 is 0 Å². The van der Waals surface area contributed by atoms with Crippen molar-refractivity contribution in [3.63, 3.8) is 0 Å². The maximum absolute atomic E-state index is 11.2. The maximum atomic E-state index is 11.2. The smallest absolute Gasteiger partial charge is 0.153 e. The van der Waals surface area contributed by atoms with Crippen molar-refractivity contribution < 1.29 is 4.79 Å². The summed E-state index contributed by atoms with van der Waals surface area (Å²) in [4.78, 5) is 11.2. The molecule has 0 aliphatic rings. The molecule has 0 atom stereocenters. The SMILES string of the molecule is CCC(CC)n1cc(C=O)c(-c2ccc(I)cc2)n1. The number of nitrogens with zero attached hydrogens (tertiary/aromatic N) is 2. The number of aldehydes is 1. The van der Waals surface area contributed by atoms with E-state index in [4.69, 9.17) is 0 Å². The zero-order valence-electron chi connectivity index (χ0n) is 11.1. The third-order valence-electron chi connectivity index (χ3n) is 3.32. The van der Waals surface area contributed by atoms with E-state index in [-0.39, 0.29) is 0 Å². The van der Waals surface area contributed by atoms with Crippen LogP contribution in [0.3, 0.4) is 0 Å². The third-order valence-corrected chi connectivity index (χ3v) is 4.04. The minimum Gasteiger partial charge on any atom is -0.298 e. The predicted molar refractivity (Wildman–Crippen MR) is 85.4 cm³/mol. The van der Waals surface area contributed by atoms with E-state index in [1.54, 1.807) is 0 Å². The van der Waals surface area contributed by atoms with Crippen LogP contribution in [0, 0.1) is 3.57 Å². The van der Waals surface area contributed by atoms with Crippen LogP contribution in [0.2, 0.25) is 0 Å². The van der Waals surface area contributed by atoms with Gasteiger partial charge in [-0.25, -0.2) is 0 Å². The second-order valence-corrected chi connectivity index (χ2v) is 5.75. The fourth-order valence-electron chi connectivity index (χ4n) is 2.17. The normalized spacial score (nSPS) is 10.9. The number of carbonyl (C=O) groups is 1. The Labute approximate surface area is 127 Å². The zero-order chi connectivity index (χ0) is 13.8. The lowest BCUT2D eigenvalue weighted by Gasteiger charge is -2.12. The first-order valence-electron chi connectivity index (χ1n) is 6.49. The summed E-state index contributed by atoms with van der Waals surface area (Å²) in [7, 11) is 0. The summed E-state index contributed by atoms with van der Waals surface area (Å²) < 4.78 is 3.10. The van der Waals surface area contributed by atoms with Crippen LogP contribution in [0.4, 0.5) is 0 Å². The maximum Gasteiger partial charge on any atom is 0.153 e. The number of rotatable bonds is 5. The highest BCUT2D eigenvalue weighted by atomic mass is 127. The van der Waals surface area contributed by atoms with Gasteiger partial charge in [-0.05, 0) is 47.6 Å². The molecule has 100 valence electrons. The Hall–Kier alpha value is -1.17. The van der Waals surface area contributed by atoms with Gasteiger partial charge in [-0.15, -0.1) is 0 Å². The van der Waals surface area contributed by atoms with Gasteiger partial charge in [0.1, 0.15) is 5.69 Å². The van der Waals surface area contributed by atoms with E-state index < -0.39 is 0 Å². The highest BCUT2D eigenvalue weighted by Crippen LogP contribution is 2.25. The molecule has 0 aliphatic heterocycles. The van der Waals surface area contributed by atoms with Gasteiger partial charge in [-0.1, -0.05) is 26.0 Å². The lowest BCUT2D eigenvalue weighted by Crippen LogP contribution is -2.07. The molecule has 0 unspecified atom stereocenters. The van der Waals surface area contributed by atoms with Crippen molar-refractivity contribution in [2.75, 3.05) is 0 Å². The standard InChI is InChI=1S/C15H17IN2O/c1-3-14(4-2)18-9-12(10-19)15(17-18)11-5-7-13(16)8-6-11/h5-10,14H,3-4H2,1-2H3. The van der Waals surface area contributed by atoms with E-state index in [0.29, 0.717) is 11.6 Å². The minimum absolute atomic E-state index is 0.358. The number of carbonyl (C=O) groups excluding carboxylic acids is 1. The van der Waals surface area contributed by atoms with Gasteiger partial charge in [0, 0.05) is 15.3 Å². The van der Waals surface area contributed by atoms with Crippen LogP contribution in [0.1, 0.15) is 43.1 Å². The second kappa shape index (κ2) is 6.32. The number of halogens is 1. The predicted octanol–water partition coefficient (Wildman–Crippen LogP) is 4.33. The van der Waals surface area contributed by atoms with E-state index in [0.717, 1.165) is 30.4 Å². The molecule has 2 aromatic rings. The summed E-state index contributed by atoms with van der Waals surface area (Å²) in [5, 5.41) is 4.61. The molecule has 0 saturated heterocycles. The molecular formula is C15H17IN2O. The van der Waals surface area contributed by atoms with Crippen LogP contribution < -0.4 is 0 Å². The Morgan fingerprint density at radius 3 is 2.42 bits per heavy atom. The van der Waals surface area contributed by atoms with Gasteiger partial charge < -0.3 is 0 Å². The van der Waals surface area contributed by atoms with Gasteiger partial charge in [0.05, 0.1) is 11.6 Å². The molecule has 1 heterocycles. The molecule has 4 heteroatoms. The first kappa shape index (κ1) is 14.2. The van der Waals surface area contributed by atoms with Crippen molar-refractivity contribution in [2.45, 2.75) is 32.7 Å². The Kier molecular flexibility index (Phi) is 4.74. The Balaban J connectivity index is 2.45. The summed E-state index contributed by atoms with van der Waals surface area (Å²) in [6.07, 6.45) is 4.78. The highest BCUT2D eigenvalue weighted by Gasteiger charge is 2.14. The molecule has 1 aromatic heterocycles. The fourth-order valence-corrected chi connectivity index (χ4v) is 2.53.